The van der Waals surface area contributed by atoms with Crippen LogP contribution in [0.25, 0.3) is 11.3 Å². The molecule has 2 fully saturated rings. The fraction of sp³-hybridized carbons (Fsp3) is 0.524. The number of carbonyl (C=O) groups excluding carboxylic acids is 1. The van der Waals surface area contributed by atoms with Crippen LogP contribution in [0.5, 0.6) is 5.75 Å². The average Bonchev–Trinajstić information content (AvgIpc) is 3.22. The highest BCUT2D eigenvalue weighted by molar-refractivity contribution is 6.32. The predicted molar refractivity (Wildman–Crippen MR) is 110 cm³/mol. The van der Waals surface area contributed by atoms with Gasteiger partial charge in [-0.15, -0.1) is 0 Å². The molecule has 0 bridgehead atoms. The lowest BCUT2D eigenvalue weighted by Gasteiger charge is -2.44. The van der Waals surface area contributed by atoms with Crippen LogP contribution in [0.2, 0.25) is 5.02 Å². The van der Waals surface area contributed by atoms with Crippen molar-refractivity contribution in [2.45, 2.75) is 38.1 Å². The van der Waals surface area contributed by atoms with Crippen molar-refractivity contribution in [2.24, 2.45) is 5.92 Å². The standard InChI is InChI=1S/C21H27ClN4O2/c1-28-19-8-7-14(11-17(19)22)20-16(13-24-25-20)21(27)23-12-15-5-4-10-26-9-3-2-6-18(15)26/h7-8,11,13,15,18H,2-6,9-10,12H2,1H3,(H,23,27)(H,24,25)/t15-,18-/m0/s1. The number of aromatic amines is 1. The van der Waals surface area contributed by atoms with Crippen LogP contribution in [0.4, 0.5) is 0 Å². The summed E-state index contributed by atoms with van der Waals surface area (Å²) in [7, 11) is 1.58. The van der Waals surface area contributed by atoms with Crippen molar-refractivity contribution < 1.29 is 9.53 Å². The summed E-state index contributed by atoms with van der Waals surface area (Å²) in [5.74, 6) is 1.04. The monoisotopic (exact) mass is 402 g/mol. The van der Waals surface area contributed by atoms with Gasteiger partial charge in [0.05, 0.1) is 29.6 Å². The predicted octanol–water partition coefficient (Wildman–Crippen LogP) is 3.73. The van der Waals surface area contributed by atoms with Crippen molar-refractivity contribution in [1.82, 2.24) is 20.4 Å². The molecular weight excluding hydrogens is 376 g/mol. The molecule has 1 amide bonds. The van der Waals surface area contributed by atoms with E-state index in [1.807, 2.05) is 6.07 Å². The third-order valence-corrected chi connectivity index (χ3v) is 6.37. The summed E-state index contributed by atoms with van der Waals surface area (Å²) >= 11 is 6.24. The molecule has 2 saturated heterocycles. The smallest absolute Gasteiger partial charge is 0.255 e. The number of rotatable bonds is 5. The second-order valence-corrected chi connectivity index (χ2v) is 8.13. The Hall–Kier alpha value is -2.05. The summed E-state index contributed by atoms with van der Waals surface area (Å²) < 4.78 is 5.20. The molecule has 0 unspecified atom stereocenters. The van der Waals surface area contributed by atoms with Crippen molar-refractivity contribution in [3.8, 4) is 17.0 Å². The zero-order chi connectivity index (χ0) is 19.5. The summed E-state index contributed by atoms with van der Waals surface area (Å²) in [6.07, 6.45) is 7.85. The van der Waals surface area contributed by atoms with Gasteiger partial charge < -0.3 is 15.0 Å². The van der Waals surface area contributed by atoms with E-state index < -0.39 is 0 Å². The van der Waals surface area contributed by atoms with Crippen molar-refractivity contribution in [3.63, 3.8) is 0 Å². The molecule has 2 aromatic rings. The van der Waals surface area contributed by atoms with E-state index in [1.54, 1.807) is 25.4 Å². The highest BCUT2D eigenvalue weighted by atomic mass is 35.5. The van der Waals surface area contributed by atoms with Gasteiger partial charge in [-0.2, -0.15) is 5.10 Å². The highest BCUT2D eigenvalue weighted by Gasteiger charge is 2.33. The molecule has 6 nitrogen and oxygen atoms in total. The van der Waals surface area contributed by atoms with Gasteiger partial charge in [0, 0.05) is 18.2 Å². The molecule has 2 N–H and O–H groups in total. The van der Waals surface area contributed by atoms with Crippen LogP contribution in [0, 0.1) is 5.92 Å². The van der Waals surface area contributed by atoms with Crippen LogP contribution >= 0.6 is 11.6 Å². The molecule has 0 spiro atoms. The van der Waals surface area contributed by atoms with E-state index in [1.165, 1.54) is 45.2 Å². The lowest BCUT2D eigenvalue weighted by molar-refractivity contribution is 0.0576. The van der Waals surface area contributed by atoms with Crippen molar-refractivity contribution in [2.75, 3.05) is 26.7 Å². The Morgan fingerprint density at radius 2 is 2.18 bits per heavy atom. The van der Waals surface area contributed by atoms with Crippen LogP contribution in [-0.2, 0) is 0 Å². The lowest BCUT2D eigenvalue weighted by Crippen LogP contribution is -2.51. The average molecular weight is 403 g/mol. The number of fused-ring (bicyclic) bond motifs is 1. The molecule has 0 saturated carbocycles. The summed E-state index contributed by atoms with van der Waals surface area (Å²) in [5.41, 5.74) is 2.02. The first-order valence-electron chi connectivity index (χ1n) is 10.1. The SMILES string of the molecule is COc1ccc(-c2[nH]ncc2C(=O)NC[C@@H]2CCCN3CCCC[C@@H]23)cc1Cl. The van der Waals surface area contributed by atoms with E-state index in [2.05, 4.69) is 20.4 Å². The molecule has 2 atom stereocenters. The first-order valence-corrected chi connectivity index (χ1v) is 10.4. The molecular formula is C21H27ClN4O2. The summed E-state index contributed by atoms with van der Waals surface area (Å²) in [6, 6.07) is 6.06. The molecule has 3 heterocycles. The number of methoxy groups -OCH3 is 1. The Kier molecular flexibility index (Phi) is 5.87. The molecule has 150 valence electrons. The van der Waals surface area contributed by atoms with Gasteiger partial charge in [-0.3, -0.25) is 9.89 Å². The fourth-order valence-electron chi connectivity index (χ4n) is 4.63. The lowest BCUT2D eigenvalue weighted by atomic mass is 9.83. The Bertz CT molecular complexity index is 836. The van der Waals surface area contributed by atoms with Crippen LogP contribution in [-0.4, -0.2) is 53.8 Å². The maximum absolute atomic E-state index is 12.9. The minimum Gasteiger partial charge on any atom is -0.495 e. The van der Waals surface area contributed by atoms with Crippen LogP contribution in [0.15, 0.2) is 24.4 Å². The molecule has 2 aliphatic rings. The number of nitrogens with zero attached hydrogens (tertiary/aromatic N) is 2. The number of nitrogens with one attached hydrogen (secondary N) is 2. The van der Waals surface area contributed by atoms with E-state index in [0.29, 0.717) is 40.5 Å². The third-order valence-electron chi connectivity index (χ3n) is 6.08. The topological polar surface area (TPSA) is 70.2 Å². The molecule has 0 radical (unpaired) electrons. The first-order chi connectivity index (χ1) is 13.7. The Labute approximate surface area is 170 Å². The molecule has 0 aliphatic carbocycles. The number of hydrogen-bond donors (Lipinski definition) is 2. The summed E-state index contributed by atoms with van der Waals surface area (Å²) in [4.78, 5) is 15.5. The van der Waals surface area contributed by atoms with Gasteiger partial charge in [-0.1, -0.05) is 18.0 Å². The number of amides is 1. The zero-order valence-electron chi connectivity index (χ0n) is 16.2. The van der Waals surface area contributed by atoms with E-state index in [0.717, 1.165) is 5.56 Å². The van der Waals surface area contributed by atoms with Crippen LogP contribution in [0.1, 0.15) is 42.5 Å². The van der Waals surface area contributed by atoms with E-state index >= 15 is 0 Å². The molecule has 28 heavy (non-hydrogen) atoms. The van der Waals surface area contributed by atoms with E-state index in [-0.39, 0.29) is 5.91 Å². The summed E-state index contributed by atoms with van der Waals surface area (Å²) in [5, 5.41) is 10.7. The quantitative estimate of drug-likeness (QED) is 0.799. The number of halogens is 1. The third kappa shape index (κ3) is 3.89. The number of H-pyrrole nitrogens is 1. The number of piperidine rings is 2. The van der Waals surface area contributed by atoms with Gasteiger partial charge in [0.25, 0.3) is 5.91 Å². The van der Waals surface area contributed by atoms with Crippen molar-refractivity contribution >= 4 is 17.5 Å². The largest absolute Gasteiger partial charge is 0.495 e. The van der Waals surface area contributed by atoms with E-state index in [4.69, 9.17) is 16.3 Å². The fourth-order valence-corrected chi connectivity index (χ4v) is 4.89. The number of hydrogen-bond acceptors (Lipinski definition) is 4. The molecule has 4 rings (SSSR count). The Morgan fingerprint density at radius 3 is 3.00 bits per heavy atom. The van der Waals surface area contributed by atoms with E-state index in [9.17, 15) is 4.79 Å². The molecule has 2 aliphatic heterocycles. The number of aromatic nitrogens is 2. The van der Waals surface area contributed by atoms with Gasteiger partial charge in [0.1, 0.15) is 5.75 Å². The maximum atomic E-state index is 12.9. The Balaban J connectivity index is 1.45. The summed E-state index contributed by atoms with van der Waals surface area (Å²) in [6.45, 7) is 3.13. The minimum absolute atomic E-state index is 0.0939. The molecule has 1 aromatic heterocycles. The van der Waals surface area contributed by atoms with Gasteiger partial charge in [0.2, 0.25) is 0 Å². The number of benzene rings is 1. The second-order valence-electron chi connectivity index (χ2n) is 7.72. The minimum atomic E-state index is -0.0939. The molecule has 7 heteroatoms. The van der Waals surface area contributed by atoms with Gasteiger partial charge in [-0.05, 0) is 62.9 Å². The number of carbonyl (C=O) groups is 1. The van der Waals surface area contributed by atoms with Gasteiger partial charge >= 0.3 is 0 Å². The molecule has 1 aromatic carbocycles. The number of ether oxygens (including phenoxy) is 1. The van der Waals surface area contributed by atoms with Crippen molar-refractivity contribution in [3.05, 3.63) is 35.0 Å². The first kappa shape index (κ1) is 19.3. The normalized spacial score (nSPS) is 22.5. The van der Waals surface area contributed by atoms with Crippen molar-refractivity contribution in [1.29, 1.82) is 0 Å². The Morgan fingerprint density at radius 1 is 1.32 bits per heavy atom. The zero-order valence-corrected chi connectivity index (χ0v) is 17.0. The van der Waals surface area contributed by atoms with Crippen LogP contribution < -0.4 is 10.1 Å². The highest BCUT2D eigenvalue weighted by Crippen LogP contribution is 2.32. The van der Waals surface area contributed by atoms with Crippen LogP contribution in [0.3, 0.4) is 0 Å². The van der Waals surface area contributed by atoms with Gasteiger partial charge in [0.15, 0.2) is 0 Å². The van der Waals surface area contributed by atoms with Gasteiger partial charge in [-0.25, -0.2) is 0 Å². The maximum Gasteiger partial charge on any atom is 0.255 e. The second kappa shape index (κ2) is 8.53.